The molecule has 2 heterocycles. The molecule has 1 fully saturated rings. The third-order valence-electron chi connectivity index (χ3n) is 4.95. The molecule has 0 saturated carbocycles. The second-order valence-corrected chi connectivity index (χ2v) is 6.74. The topological polar surface area (TPSA) is 102 Å². The number of nitro groups is 1. The number of piperidine rings is 1. The van der Waals surface area contributed by atoms with E-state index >= 15 is 0 Å². The number of aromatic nitrogens is 2. The van der Waals surface area contributed by atoms with E-state index in [9.17, 15) is 14.9 Å². The summed E-state index contributed by atoms with van der Waals surface area (Å²) in [5.41, 5.74) is 0.661. The summed E-state index contributed by atoms with van der Waals surface area (Å²) >= 11 is 0. The molecule has 1 aromatic heterocycles. The number of hydrogen-bond acceptors (Lipinski definition) is 8. The van der Waals surface area contributed by atoms with Crippen LogP contribution in [0.25, 0.3) is 0 Å². The van der Waals surface area contributed by atoms with Gasteiger partial charge >= 0.3 is 11.7 Å². The van der Waals surface area contributed by atoms with Gasteiger partial charge in [0.25, 0.3) is 0 Å². The largest absolute Gasteiger partial charge is 0.466 e. The van der Waals surface area contributed by atoms with Crippen molar-refractivity contribution < 1.29 is 14.5 Å². The van der Waals surface area contributed by atoms with Crippen molar-refractivity contribution in [3.8, 4) is 0 Å². The number of carbonyl (C=O) groups is 1. The molecule has 1 aromatic carbocycles. The fourth-order valence-corrected chi connectivity index (χ4v) is 3.64. The monoisotopic (exact) mass is 399 g/mol. The first-order chi connectivity index (χ1) is 14.1. The zero-order chi connectivity index (χ0) is 20.8. The van der Waals surface area contributed by atoms with Gasteiger partial charge in [-0.05, 0) is 38.8 Å². The first-order valence-corrected chi connectivity index (χ1v) is 9.80. The SMILES string of the molecule is CCOC(=O)C1CCCN(c2ncnc(N(CC)c3ccccc3)c2[N+](=O)[O-])C1. The van der Waals surface area contributed by atoms with Crippen molar-refractivity contribution >= 4 is 29.0 Å². The van der Waals surface area contributed by atoms with E-state index in [-0.39, 0.29) is 29.2 Å². The summed E-state index contributed by atoms with van der Waals surface area (Å²) in [6.07, 6.45) is 2.78. The molecule has 0 aliphatic carbocycles. The summed E-state index contributed by atoms with van der Waals surface area (Å²) in [6, 6.07) is 9.40. The minimum absolute atomic E-state index is 0.150. The number of hydrogen-bond donors (Lipinski definition) is 0. The van der Waals surface area contributed by atoms with Gasteiger partial charge in [-0.15, -0.1) is 0 Å². The number of ether oxygens (including phenoxy) is 1. The van der Waals surface area contributed by atoms with Crippen LogP contribution in [0.4, 0.5) is 23.0 Å². The van der Waals surface area contributed by atoms with Crippen molar-refractivity contribution in [2.24, 2.45) is 5.92 Å². The first kappa shape index (κ1) is 20.5. The third kappa shape index (κ3) is 4.44. The number of esters is 1. The van der Waals surface area contributed by atoms with Gasteiger partial charge in [0.05, 0.1) is 17.4 Å². The van der Waals surface area contributed by atoms with Crippen LogP contribution < -0.4 is 9.80 Å². The maximum Gasteiger partial charge on any atom is 0.353 e. The maximum absolute atomic E-state index is 12.2. The van der Waals surface area contributed by atoms with Crippen LogP contribution in [0.3, 0.4) is 0 Å². The van der Waals surface area contributed by atoms with Crippen LogP contribution in [0.5, 0.6) is 0 Å². The second kappa shape index (κ2) is 9.31. The molecule has 3 rings (SSSR count). The van der Waals surface area contributed by atoms with E-state index in [1.807, 2.05) is 37.3 Å². The molecular formula is C20H25N5O4. The first-order valence-electron chi connectivity index (χ1n) is 9.80. The van der Waals surface area contributed by atoms with Crippen LogP contribution >= 0.6 is 0 Å². The van der Waals surface area contributed by atoms with Gasteiger partial charge in [-0.2, -0.15) is 0 Å². The van der Waals surface area contributed by atoms with Crippen molar-refractivity contribution in [1.29, 1.82) is 0 Å². The van der Waals surface area contributed by atoms with Crippen molar-refractivity contribution in [1.82, 2.24) is 9.97 Å². The van der Waals surface area contributed by atoms with Crippen molar-refractivity contribution in [2.45, 2.75) is 26.7 Å². The van der Waals surface area contributed by atoms with Gasteiger partial charge in [-0.25, -0.2) is 9.97 Å². The van der Waals surface area contributed by atoms with E-state index < -0.39 is 4.92 Å². The van der Waals surface area contributed by atoms with Crippen LogP contribution in [-0.2, 0) is 9.53 Å². The molecule has 1 saturated heterocycles. The average molecular weight is 399 g/mol. The van der Waals surface area contributed by atoms with Crippen molar-refractivity contribution in [2.75, 3.05) is 36.0 Å². The van der Waals surface area contributed by atoms with Gasteiger partial charge < -0.3 is 14.5 Å². The van der Waals surface area contributed by atoms with E-state index in [4.69, 9.17) is 4.74 Å². The number of rotatable bonds is 7. The highest BCUT2D eigenvalue weighted by Crippen LogP contribution is 2.38. The Morgan fingerprint density at radius 1 is 1.31 bits per heavy atom. The number of benzene rings is 1. The smallest absolute Gasteiger partial charge is 0.353 e. The quantitative estimate of drug-likeness (QED) is 0.397. The van der Waals surface area contributed by atoms with Crippen LogP contribution in [0.1, 0.15) is 26.7 Å². The Bertz CT molecular complexity index is 861. The van der Waals surface area contributed by atoms with Crippen molar-refractivity contribution in [3.05, 3.63) is 46.8 Å². The Labute approximate surface area is 169 Å². The van der Waals surface area contributed by atoms with E-state index in [0.717, 1.165) is 12.1 Å². The zero-order valence-electron chi connectivity index (χ0n) is 16.7. The van der Waals surface area contributed by atoms with Gasteiger partial charge in [0, 0.05) is 25.3 Å². The minimum Gasteiger partial charge on any atom is -0.466 e. The zero-order valence-corrected chi connectivity index (χ0v) is 16.7. The molecule has 0 N–H and O–H groups in total. The summed E-state index contributed by atoms with van der Waals surface area (Å²) in [7, 11) is 0. The van der Waals surface area contributed by atoms with Gasteiger partial charge in [-0.1, -0.05) is 18.2 Å². The Kier molecular flexibility index (Phi) is 6.58. The molecule has 1 aliphatic heterocycles. The van der Waals surface area contributed by atoms with Crippen molar-refractivity contribution in [3.63, 3.8) is 0 Å². The van der Waals surface area contributed by atoms with Crippen LogP contribution in [0.15, 0.2) is 36.7 Å². The summed E-state index contributed by atoms with van der Waals surface area (Å²) < 4.78 is 5.14. The maximum atomic E-state index is 12.2. The molecule has 0 bridgehead atoms. The number of nitrogens with zero attached hydrogens (tertiary/aromatic N) is 5. The van der Waals surface area contributed by atoms with E-state index in [1.54, 1.807) is 16.7 Å². The highest BCUT2D eigenvalue weighted by molar-refractivity contribution is 5.78. The highest BCUT2D eigenvalue weighted by Gasteiger charge is 2.34. The molecule has 1 atom stereocenters. The van der Waals surface area contributed by atoms with Gasteiger partial charge in [0.1, 0.15) is 6.33 Å². The minimum atomic E-state index is -0.440. The normalized spacial score (nSPS) is 16.3. The summed E-state index contributed by atoms with van der Waals surface area (Å²) in [6.45, 7) is 5.43. The second-order valence-electron chi connectivity index (χ2n) is 6.74. The molecule has 0 radical (unpaired) electrons. The Balaban J connectivity index is 1.99. The van der Waals surface area contributed by atoms with Crippen LogP contribution in [0, 0.1) is 16.0 Å². The molecule has 9 heteroatoms. The Morgan fingerprint density at radius 3 is 2.72 bits per heavy atom. The predicted octanol–water partition coefficient (Wildman–Crippen LogP) is 3.32. The fourth-order valence-electron chi connectivity index (χ4n) is 3.64. The lowest BCUT2D eigenvalue weighted by Crippen LogP contribution is -2.40. The summed E-state index contributed by atoms with van der Waals surface area (Å²) in [5.74, 6) is -0.109. The molecule has 0 amide bonds. The molecule has 2 aromatic rings. The molecule has 9 nitrogen and oxygen atoms in total. The lowest BCUT2D eigenvalue weighted by atomic mass is 9.98. The van der Waals surface area contributed by atoms with E-state index in [2.05, 4.69) is 9.97 Å². The number of anilines is 3. The Morgan fingerprint density at radius 2 is 2.07 bits per heavy atom. The molecule has 154 valence electrons. The standard InChI is InChI=1S/C20H25N5O4/c1-3-24(16-10-6-5-7-11-16)19-17(25(27)28)18(21-14-22-19)23-12-8-9-15(13-23)20(26)29-4-2/h5-7,10-11,14-15H,3-4,8-9,12-13H2,1-2H3. The lowest BCUT2D eigenvalue weighted by Gasteiger charge is -2.32. The summed E-state index contributed by atoms with van der Waals surface area (Å²) in [4.78, 5) is 35.8. The average Bonchev–Trinajstić information content (AvgIpc) is 2.75. The predicted molar refractivity (Wildman–Crippen MR) is 109 cm³/mol. The highest BCUT2D eigenvalue weighted by atomic mass is 16.6. The van der Waals surface area contributed by atoms with E-state index in [0.29, 0.717) is 32.7 Å². The number of para-hydroxylation sites is 1. The Hall–Kier alpha value is -3.23. The summed E-state index contributed by atoms with van der Waals surface area (Å²) in [5, 5.41) is 12.0. The molecular weight excluding hydrogens is 374 g/mol. The molecule has 1 unspecified atom stereocenters. The third-order valence-corrected chi connectivity index (χ3v) is 4.95. The molecule has 29 heavy (non-hydrogen) atoms. The van der Waals surface area contributed by atoms with Crippen LogP contribution in [0.2, 0.25) is 0 Å². The van der Waals surface area contributed by atoms with Crippen LogP contribution in [-0.4, -0.2) is 47.1 Å². The molecule has 1 aliphatic rings. The van der Waals surface area contributed by atoms with E-state index in [1.165, 1.54) is 6.33 Å². The fraction of sp³-hybridized carbons (Fsp3) is 0.450. The molecule has 0 spiro atoms. The van der Waals surface area contributed by atoms with Gasteiger partial charge in [0.15, 0.2) is 0 Å². The lowest BCUT2D eigenvalue weighted by molar-refractivity contribution is -0.383. The van der Waals surface area contributed by atoms with Gasteiger partial charge in [0.2, 0.25) is 11.6 Å². The van der Waals surface area contributed by atoms with Gasteiger partial charge in [-0.3, -0.25) is 14.9 Å². The number of carbonyl (C=O) groups excluding carboxylic acids is 1.